The molecule has 0 atom stereocenters. The van der Waals surface area contributed by atoms with Crippen LogP contribution in [0.1, 0.15) is 0 Å². The zero-order valence-electron chi connectivity index (χ0n) is 14.7. The van der Waals surface area contributed by atoms with Crippen molar-refractivity contribution in [1.29, 1.82) is 0 Å². The molecule has 1 aromatic carbocycles. The monoisotopic (exact) mass is 348 g/mol. The van der Waals surface area contributed by atoms with Crippen LogP contribution in [0.3, 0.4) is 0 Å². The van der Waals surface area contributed by atoms with Crippen molar-refractivity contribution in [2.75, 3.05) is 31.3 Å². The molecule has 2 N–H and O–H groups in total. The molecular weight excluding hydrogens is 328 g/mol. The van der Waals surface area contributed by atoms with Gasteiger partial charge in [0.05, 0.1) is 11.7 Å². The lowest BCUT2D eigenvalue weighted by molar-refractivity contribution is -0.111. The highest BCUT2D eigenvalue weighted by Crippen LogP contribution is 2.24. The molecule has 26 heavy (non-hydrogen) atoms. The van der Waals surface area contributed by atoms with E-state index in [9.17, 15) is 4.79 Å². The highest BCUT2D eigenvalue weighted by atomic mass is 16.1. The van der Waals surface area contributed by atoms with Crippen LogP contribution in [0.5, 0.6) is 0 Å². The van der Waals surface area contributed by atoms with Gasteiger partial charge in [-0.2, -0.15) is 0 Å². The molecule has 2 heterocycles. The van der Waals surface area contributed by atoms with Gasteiger partial charge in [0.15, 0.2) is 0 Å². The van der Waals surface area contributed by atoms with E-state index in [0.29, 0.717) is 23.7 Å². The first kappa shape index (κ1) is 17.5. The molecule has 0 saturated carbocycles. The van der Waals surface area contributed by atoms with Crippen molar-refractivity contribution in [3.63, 3.8) is 0 Å². The third-order valence-corrected chi connectivity index (χ3v) is 3.55. The van der Waals surface area contributed by atoms with Crippen molar-refractivity contribution in [2.45, 2.75) is 0 Å². The molecule has 132 valence electrons. The third kappa shape index (κ3) is 4.61. The maximum atomic E-state index is 12.0. The maximum Gasteiger partial charge on any atom is 0.249 e. The molecule has 0 saturated heterocycles. The Morgan fingerprint density at radius 2 is 1.96 bits per heavy atom. The molecule has 0 spiro atoms. The Balaban J connectivity index is 1.82. The number of pyridine rings is 1. The molecule has 0 bridgehead atoms. The maximum absolute atomic E-state index is 12.0. The molecule has 0 unspecified atom stereocenters. The summed E-state index contributed by atoms with van der Waals surface area (Å²) in [6.45, 7) is 0.692. The van der Waals surface area contributed by atoms with E-state index in [1.165, 1.54) is 12.4 Å². The van der Waals surface area contributed by atoms with E-state index >= 15 is 0 Å². The van der Waals surface area contributed by atoms with Crippen LogP contribution in [0.2, 0.25) is 0 Å². The van der Waals surface area contributed by atoms with Gasteiger partial charge in [0, 0.05) is 23.7 Å². The summed E-state index contributed by atoms with van der Waals surface area (Å²) < 4.78 is 0. The first-order valence-electron chi connectivity index (χ1n) is 8.17. The fourth-order valence-corrected chi connectivity index (χ4v) is 2.32. The van der Waals surface area contributed by atoms with Crippen LogP contribution in [-0.2, 0) is 4.79 Å². The van der Waals surface area contributed by atoms with Crippen LogP contribution < -0.4 is 10.6 Å². The van der Waals surface area contributed by atoms with Gasteiger partial charge in [-0.05, 0) is 32.3 Å². The number of hydrogen-bond donors (Lipinski definition) is 2. The summed E-state index contributed by atoms with van der Waals surface area (Å²) >= 11 is 0. The van der Waals surface area contributed by atoms with E-state index in [2.05, 4.69) is 25.6 Å². The van der Waals surface area contributed by atoms with Crippen LogP contribution in [0.15, 0.2) is 61.1 Å². The summed E-state index contributed by atoms with van der Waals surface area (Å²) in [6, 6.07) is 11.5. The highest BCUT2D eigenvalue weighted by molar-refractivity contribution is 6.00. The minimum absolute atomic E-state index is 0.229. The molecule has 2 aromatic heterocycles. The number of hydrogen-bond acceptors (Lipinski definition) is 6. The molecular formula is C19H20N6O. The average molecular weight is 348 g/mol. The number of amides is 1. The third-order valence-electron chi connectivity index (χ3n) is 3.55. The first-order chi connectivity index (χ1) is 12.6. The lowest BCUT2D eigenvalue weighted by atomic mass is 10.2. The number of para-hydroxylation sites is 1. The van der Waals surface area contributed by atoms with Gasteiger partial charge in [-0.25, -0.2) is 15.0 Å². The lowest BCUT2D eigenvalue weighted by Crippen LogP contribution is -2.13. The second-order valence-electron chi connectivity index (χ2n) is 5.95. The molecule has 7 nitrogen and oxygen atoms in total. The van der Waals surface area contributed by atoms with Crippen molar-refractivity contribution >= 4 is 34.1 Å². The fourth-order valence-electron chi connectivity index (χ4n) is 2.32. The van der Waals surface area contributed by atoms with Crippen LogP contribution in [0.25, 0.3) is 10.9 Å². The quantitative estimate of drug-likeness (QED) is 0.667. The Hall–Kier alpha value is -3.32. The Bertz CT molecular complexity index is 924. The number of nitrogens with one attached hydrogen (secondary N) is 2. The number of rotatable bonds is 6. The topological polar surface area (TPSA) is 83.0 Å². The standard InChI is InChI=1S/C19H20N6O/c1-25(2)10-6-9-18(26)24-17-11-15-16(12-20-17)21-13-22-19(15)23-14-7-4-3-5-8-14/h3-9,11-13H,10H2,1-2H3,(H,20,24,26)(H,21,22,23)/b9-6+. The fraction of sp³-hybridized carbons (Fsp3) is 0.158. The second-order valence-corrected chi connectivity index (χ2v) is 5.95. The van der Waals surface area contributed by atoms with E-state index in [0.717, 1.165) is 11.1 Å². The van der Waals surface area contributed by atoms with Crippen LogP contribution in [-0.4, -0.2) is 46.4 Å². The normalized spacial score (nSPS) is 11.2. The number of nitrogens with zero attached hydrogens (tertiary/aromatic N) is 4. The predicted molar refractivity (Wildman–Crippen MR) is 103 cm³/mol. The van der Waals surface area contributed by atoms with E-state index in [1.807, 2.05) is 49.3 Å². The number of carbonyl (C=O) groups is 1. The summed E-state index contributed by atoms with van der Waals surface area (Å²) in [5, 5.41) is 6.80. The summed E-state index contributed by atoms with van der Waals surface area (Å²) in [5.41, 5.74) is 1.61. The van der Waals surface area contributed by atoms with Gasteiger partial charge in [-0.15, -0.1) is 0 Å². The Labute approximate surface area is 151 Å². The summed E-state index contributed by atoms with van der Waals surface area (Å²) in [6.07, 6.45) is 6.39. The molecule has 3 rings (SSSR count). The van der Waals surface area contributed by atoms with Crippen molar-refractivity contribution in [2.24, 2.45) is 0 Å². The van der Waals surface area contributed by atoms with Gasteiger partial charge < -0.3 is 15.5 Å². The largest absolute Gasteiger partial charge is 0.340 e. The summed E-state index contributed by atoms with van der Waals surface area (Å²) in [5.74, 6) is 0.873. The molecule has 0 aliphatic heterocycles. The average Bonchev–Trinajstić information content (AvgIpc) is 2.63. The van der Waals surface area contributed by atoms with E-state index < -0.39 is 0 Å². The smallest absolute Gasteiger partial charge is 0.249 e. The van der Waals surface area contributed by atoms with Gasteiger partial charge >= 0.3 is 0 Å². The Morgan fingerprint density at radius 1 is 1.15 bits per heavy atom. The van der Waals surface area contributed by atoms with E-state index in [-0.39, 0.29) is 5.91 Å². The van der Waals surface area contributed by atoms with Crippen LogP contribution >= 0.6 is 0 Å². The van der Waals surface area contributed by atoms with Gasteiger partial charge in [-0.1, -0.05) is 24.3 Å². The molecule has 0 aliphatic rings. The zero-order valence-corrected chi connectivity index (χ0v) is 14.7. The molecule has 0 radical (unpaired) electrons. The second kappa shape index (κ2) is 8.17. The van der Waals surface area contributed by atoms with Crippen molar-refractivity contribution in [3.05, 3.63) is 61.1 Å². The Morgan fingerprint density at radius 3 is 2.73 bits per heavy atom. The molecule has 7 heteroatoms. The predicted octanol–water partition coefficient (Wildman–Crippen LogP) is 2.82. The number of carbonyl (C=O) groups excluding carboxylic acids is 1. The number of fused-ring (bicyclic) bond motifs is 1. The molecule has 3 aromatic rings. The number of likely N-dealkylation sites (N-methyl/N-ethyl adjacent to an activating group) is 1. The van der Waals surface area contributed by atoms with Gasteiger partial charge in [-0.3, -0.25) is 4.79 Å². The van der Waals surface area contributed by atoms with Crippen LogP contribution in [0, 0.1) is 0 Å². The van der Waals surface area contributed by atoms with Crippen molar-refractivity contribution in [3.8, 4) is 0 Å². The SMILES string of the molecule is CN(C)C/C=C/C(=O)Nc1cc2c(Nc3ccccc3)ncnc2cn1. The Kier molecular flexibility index (Phi) is 5.50. The molecule has 1 amide bonds. The first-order valence-corrected chi connectivity index (χ1v) is 8.17. The molecule has 0 fully saturated rings. The minimum atomic E-state index is -0.229. The highest BCUT2D eigenvalue weighted by Gasteiger charge is 2.07. The number of aromatic nitrogens is 3. The number of anilines is 3. The van der Waals surface area contributed by atoms with E-state index in [1.54, 1.807) is 18.3 Å². The van der Waals surface area contributed by atoms with E-state index in [4.69, 9.17) is 0 Å². The van der Waals surface area contributed by atoms with Crippen molar-refractivity contribution < 1.29 is 4.79 Å². The van der Waals surface area contributed by atoms with Gasteiger partial charge in [0.25, 0.3) is 0 Å². The zero-order chi connectivity index (χ0) is 18.4. The minimum Gasteiger partial charge on any atom is -0.340 e. The summed E-state index contributed by atoms with van der Waals surface area (Å²) in [4.78, 5) is 26.8. The summed E-state index contributed by atoms with van der Waals surface area (Å²) in [7, 11) is 3.88. The number of benzene rings is 1. The molecule has 0 aliphatic carbocycles. The van der Waals surface area contributed by atoms with Gasteiger partial charge in [0.1, 0.15) is 18.0 Å². The van der Waals surface area contributed by atoms with Gasteiger partial charge in [0.2, 0.25) is 5.91 Å². The lowest BCUT2D eigenvalue weighted by Gasteiger charge is -2.09. The van der Waals surface area contributed by atoms with Crippen molar-refractivity contribution in [1.82, 2.24) is 19.9 Å². The van der Waals surface area contributed by atoms with Crippen LogP contribution in [0.4, 0.5) is 17.3 Å².